The van der Waals surface area contributed by atoms with Crippen LogP contribution in [-0.4, -0.2) is 27.6 Å². The van der Waals surface area contributed by atoms with Gasteiger partial charge in [-0.3, -0.25) is 9.36 Å². The summed E-state index contributed by atoms with van der Waals surface area (Å²) >= 11 is 5.84. The molecule has 0 fully saturated rings. The molecule has 2 aromatic heterocycles. The Morgan fingerprint density at radius 3 is 2.63 bits per heavy atom. The van der Waals surface area contributed by atoms with Gasteiger partial charge in [-0.15, -0.1) is 0 Å². The van der Waals surface area contributed by atoms with E-state index in [9.17, 15) is 9.18 Å². The number of rotatable bonds is 2. The summed E-state index contributed by atoms with van der Waals surface area (Å²) in [5.41, 5.74) is 5.33. The first kappa shape index (κ1) is 19.1. The number of aromatic nitrogens is 2. The van der Waals surface area contributed by atoms with E-state index in [2.05, 4.69) is 35.7 Å². The van der Waals surface area contributed by atoms with Gasteiger partial charge in [0.05, 0.1) is 11.2 Å². The van der Waals surface area contributed by atoms with Crippen molar-refractivity contribution in [1.29, 1.82) is 0 Å². The fourth-order valence-electron chi connectivity index (χ4n) is 4.43. The quantitative estimate of drug-likeness (QED) is 0.466. The Morgan fingerprint density at radius 2 is 1.87 bits per heavy atom. The lowest BCUT2D eigenvalue weighted by Gasteiger charge is -2.23. The van der Waals surface area contributed by atoms with Crippen molar-refractivity contribution in [2.45, 2.75) is 13.0 Å². The van der Waals surface area contributed by atoms with E-state index >= 15 is 0 Å². The highest BCUT2D eigenvalue weighted by atomic mass is 35.5. The van der Waals surface area contributed by atoms with Crippen LogP contribution < -0.4 is 5.56 Å². The molecule has 0 saturated heterocycles. The van der Waals surface area contributed by atoms with E-state index in [1.165, 1.54) is 28.8 Å². The summed E-state index contributed by atoms with van der Waals surface area (Å²) in [7, 11) is 4.23. The molecule has 0 unspecified atom stereocenters. The maximum Gasteiger partial charge on any atom is 0.255 e. The minimum atomic E-state index is -0.444. The van der Waals surface area contributed by atoms with E-state index in [-0.39, 0.29) is 5.56 Å². The summed E-state index contributed by atoms with van der Waals surface area (Å²) in [6.45, 7) is 1.99. The lowest BCUT2D eigenvalue weighted by Crippen LogP contribution is -2.26. The number of likely N-dealkylation sites (N-methyl/N-ethyl adjacent to an activating group) is 1. The molecule has 0 aliphatic carbocycles. The van der Waals surface area contributed by atoms with Crippen LogP contribution in [0, 0.1) is 5.82 Å². The summed E-state index contributed by atoms with van der Waals surface area (Å²) in [4.78, 5) is 15.2. The molecule has 152 valence electrons. The van der Waals surface area contributed by atoms with E-state index in [1.807, 2.05) is 6.07 Å². The molecular weight excluding hydrogens is 401 g/mol. The molecule has 0 N–H and O–H groups in total. The standard InChI is InChI=1S/C24H21ClFN3O/c1-27-9-8-22-20(14-27)19-6-4-17(13-23(19)28(22)2)29-10-7-15(11-24(29)30)18-5-3-16(25)12-21(18)26/h3-7,10-13H,8-9,14H2,1-2H3. The molecule has 0 atom stereocenters. The van der Waals surface area contributed by atoms with Crippen LogP contribution in [0.15, 0.2) is 59.5 Å². The van der Waals surface area contributed by atoms with Gasteiger partial charge in [0, 0.05) is 60.5 Å². The van der Waals surface area contributed by atoms with Crippen LogP contribution in [-0.2, 0) is 20.0 Å². The van der Waals surface area contributed by atoms with E-state index < -0.39 is 5.82 Å². The molecule has 30 heavy (non-hydrogen) atoms. The number of aryl methyl sites for hydroxylation is 1. The van der Waals surface area contributed by atoms with Crippen molar-refractivity contribution in [2.75, 3.05) is 13.6 Å². The molecule has 6 heteroatoms. The highest BCUT2D eigenvalue weighted by molar-refractivity contribution is 6.30. The molecule has 0 radical (unpaired) electrons. The molecule has 0 spiro atoms. The summed E-state index contributed by atoms with van der Waals surface area (Å²) in [6, 6.07) is 13.8. The molecule has 1 aliphatic heterocycles. The predicted molar refractivity (Wildman–Crippen MR) is 119 cm³/mol. The number of hydrogen-bond donors (Lipinski definition) is 0. The van der Waals surface area contributed by atoms with Gasteiger partial charge in [0.25, 0.3) is 5.56 Å². The highest BCUT2D eigenvalue weighted by Crippen LogP contribution is 2.31. The van der Waals surface area contributed by atoms with Crippen LogP contribution in [0.2, 0.25) is 5.02 Å². The van der Waals surface area contributed by atoms with Gasteiger partial charge in [0.2, 0.25) is 0 Å². The maximum absolute atomic E-state index is 14.3. The Morgan fingerprint density at radius 1 is 1.03 bits per heavy atom. The Labute approximate surface area is 178 Å². The highest BCUT2D eigenvalue weighted by Gasteiger charge is 2.21. The second-order valence-electron chi connectivity index (χ2n) is 7.92. The van der Waals surface area contributed by atoms with Crippen molar-refractivity contribution >= 4 is 22.5 Å². The smallest absolute Gasteiger partial charge is 0.255 e. The Bertz CT molecular complexity index is 1350. The summed E-state index contributed by atoms with van der Waals surface area (Å²) in [5.74, 6) is -0.444. The molecule has 3 heterocycles. The van der Waals surface area contributed by atoms with E-state index in [0.29, 0.717) is 16.1 Å². The lowest BCUT2D eigenvalue weighted by atomic mass is 10.0. The number of pyridine rings is 1. The van der Waals surface area contributed by atoms with E-state index in [0.717, 1.165) is 30.7 Å². The fraction of sp³-hybridized carbons (Fsp3) is 0.208. The molecule has 1 aliphatic rings. The minimum absolute atomic E-state index is 0.208. The third-order valence-corrected chi connectivity index (χ3v) is 6.25. The lowest BCUT2D eigenvalue weighted by molar-refractivity contribution is 0.310. The summed E-state index contributed by atoms with van der Waals surface area (Å²) < 4.78 is 18.1. The summed E-state index contributed by atoms with van der Waals surface area (Å²) in [5, 5.41) is 1.56. The first-order chi connectivity index (χ1) is 14.4. The third-order valence-electron chi connectivity index (χ3n) is 6.02. The number of benzene rings is 2. The molecule has 0 amide bonds. The van der Waals surface area contributed by atoms with Crippen LogP contribution in [0.3, 0.4) is 0 Å². The molecule has 4 aromatic rings. The molecule has 2 aromatic carbocycles. The normalized spacial score (nSPS) is 14.3. The van der Waals surface area contributed by atoms with Gasteiger partial charge in [-0.1, -0.05) is 17.7 Å². The third kappa shape index (κ3) is 3.06. The van der Waals surface area contributed by atoms with Crippen LogP contribution in [0.5, 0.6) is 0 Å². The molecule has 0 bridgehead atoms. The molecule has 0 saturated carbocycles. The SMILES string of the molecule is CN1CCc2c(c3ccc(-n4ccc(-c5ccc(Cl)cc5F)cc4=O)cc3n2C)C1. The second-order valence-corrected chi connectivity index (χ2v) is 8.36. The largest absolute Gasteiger partial charge is 0.347 e. The van der Waals surface area contributed by atoms with Gasteiger partial charge in [-0.25, -0.2) is 4.39 Å². The van der Waals surface area contributed by atoms with Crippen LogP contribution >= 0.6 is 11.6 Å². The van der Waals surface area contributed by atoms with Crippen LogP contribution in [0.25, 0.3) is 27.7 Å². The second kappa shape index (κ2) is 7.11. The zero-order valence-electron chi connectivity index (χ0n) is 16.8. The van der Waals surface area contributed by atoms with Crippen molar-refractivity contribution in [3.63, 3.8) is 0 Å². The average Bonchev–Trinajstić information content (AvgIpc) is 2.99. The van der Waals surface area contributed by atoms with Gasteiger partial charge in [-0.2, -0.15) is 0 Å². The Hall–Kier alpha value is -2.89. The first-order valence-corrected chi connectivity index (χ1v) is 10.3. The van der Waals surface area contributed by atoms with Gasteiger partial charge < -0.3 is 9.47 Å². The molecule has 5 rings (SSSR count). The van der Waals surface area contributed by atoms with Gasteiger partial charge in [0.1, 0.15) is 5.82 Å². The number of halogens is 2. The number of fused-ring (bicyclic) bond motifs is 3. The zero-order valence-corrected chi connectivity index (χ0v) is 17.6. The van der Waals surface area contributed by atoms with Crippen molar-refractivity contribution in [3.05, 3.63) is 87.2 Å². The fourth-order valence-corrected chi connectivity index (χ4v) is 4.59. The van der Waals surface area contributed by atoms with E-state index in [4.69, 9.17) is 11.6 Å². The number of hydrogen-bond acceptors (Lipinski definition) is 2. The minimum Gasteiger partial charge on any atom is -0.347 e. The maximum atomic E-state index is 14.3. The topological polar surface area (TPSA) is 30.2 Å². The average molecular weight is 422 g/mol. The summed E-state index contributed by atoms with van der Waals surface area (Å²) in [6.07, 6.45) is 2.72. The van der Waals surface area contributed by atoms with Crippen molar-refractivity contribution < 1.29 is 4.39 Å². The van der Waals surface area contributed by atoms with E-state index in [1.54, 1.807) is 29.0 Å². The Kier molecular flexibility index (Phi) is 4.53. The monoisotopic (exact) mass is 421 g/mol. The zero-order chi connectivity index (χ0) is 21.0. The van der Waals surface area contributed by atoms with Gasteiger partial charge in [0.15, 0.2) is 0 Å². The van der Waals surface area contributed by atoms with Crippen molar-refractivity contribution in [1.82, 2.24) is 14.0 Å². The Balaban J connectivity index is 1.59. The molecule has 4 nitrogen and oxygen atoms in total. The van der Waals surface area contributed by atoms with Crippen molar-refractivity contribution in [3.8, 4) is 16.8 Å². The van der Waals surface area contributed by atoms with Crippen LogP contribution in [0.1, 0.15) is 11.3 Å². The van der Waals surface area contributed by atoms with Crippen molar-refractivity contribution in [2.24, 2.45) is 7.05 Å². The number of nitrogens with zero attached hydrogens (tertiary/aromatic N) is 3. The van der Waals surface area contributed by atoms with Gasteiger partial charge in [-0.05, 0) is 54.6 Å². The predicted octanol–water partition coefficient (Wildman–Crippen LogP) is 4.78. The molecular formula is C24H21ClFN3O. The first-order valence-electron chi connectivity index (χ1n) is 9.89. The van der Waals surface area contributed by atoms with Gasteiger partial charge >= 0.3 is 0 Å². The van der Waals surface area contributed by atoms with Crippen LogP contribution in [0.4, 0.5) is 4.39 Å².